The first kappa shape index (κ1) is 27.9. The van der Waals surface area contributed by atoms with E-state index in [0.717, 1.165) is 0 Å². The van der Waals surface area contributed by atoms with Gasteiger partial charge in [0.1, 0.15) is 0 Å². The van der Waals surface area contributed by atoms with E-state index in [4.69, 9.17) is 0 Å². The van der Waals surface area contributed by atoms with E-state index in [1.807, 2.05) is 8.37 Å². The van der Waals surface area contributed by atoms with Crippen molar-refractivity contribution in [3.8, 4) is 0 Å². The summed E-state index contributed by atoms with van der Waals surface area (Å²) in [6.07, 6.45) is -37.9. The molecule has 0 rings (SSSR count). The first-order chi connectivity index (χ1) is 12.2. The minimum atomic E-state index is -7.89. The van der Waals surface area contributed by atoms with E-state index in [2.05, 4.69) is 0 Å². The van der Waals surface area contributed by atoms with Crippen LogP contribution in [0.15, 0.2) is 0 Å². The van der Waals surface area contributed by atoms with Gasteiger partial charge in [-0.2, -0.15) is 77.5 Å². The largest absolute Gasteiger partial charge is 0.428 e. The summed E-state index contributed by atoms with van der Waals surface area (Å²) < 4.78 is 217. The van der Waals surface area contributed by atoms with E-state index in [-0.39, 0.29) is 0 Å². The summed E-state index contributed by atoms with van der Waals surface area (Å²) in [7, 11) is -23.5. The summed E-state index contributed by atoms with van der Waals surface area (Å²) in [5.74, 6) is 0. The van der Waals surface area contributed by atoms with Crippen molar-refractivity contribution in [2.24, 2.45) is 0 Å². The second-order valence-corrected chi connectivity index (χ2v) is 12.8. The molecule has 0 heterocycles. The molecule has 0 aliphatic rings. The number of alkyl halides is 12. The van der Waals surface area contributed by atoms with Crippen LogP contribution in [0, 0.1) is 0 Å². The molecule has 176 valence electrons. The average Bonchev–Trinajstić information content (AvgIpc) is 2.40. The third-order valence-corrected chi connectivity index (χ3v) is 10.4. The molecule has 0 aromatic rings. The number of rotatable bonds is 8. The summed E-state index contributed by atoms with van der Waals surface area (Å²) >= 11 is 0. The van der Waals surface area contributed by atoms with E-state index < -0.39 is 63.1 Å². The SMILES string of the molecule is O=S(=O)(OC(F)(F)C(F)C(F)(F)F)S(=O)(=O)S(=O)(=O)OC(F)(F)C(F)C(F)(F)F. The van der Waals surface area contributed by atoms with Gasteiger partial charge in [-0.05, 0) is 0 Å². The van der Waals surface area contributed by atoms with Crippen LogP contribution < -0.4 is 0 Å². The Morgan fingerprint density at radius 2 is 0.724 bits per heavy atom. The van der Waals surface area contributed by atoms with Crippen molar-refractivity contribution in [3.05, 3.63) is 0 Å². The summed E-state index contributed by atoms with van der Waals surface area (Å²) in [5.41, 5.74) is 0. The zero-order valence-corrected chi connectivity index (χ0v) is 14.6. The topological polar surface area (TPSA) is 121 Å². The Hall–Kier alpha value is -1.07. The lowest BCUT2D eigenvalue weighted by Crippen LogP contribution is -2.48. The van der Waals surface area contributed by atoms with Gasteiger partial charge in [0, 0.05) is 0 Å². The Morgan fingerprint density at radius 1 is 0.517 bits per heavy atom. The maximum absolute atomic E-state index is 12.8. The van der Waals surface area contributed by atoms with Crippen LogP contribution in [0.25, 0.3) is 0 Å². The highest BCUT2D eigenvalue weighted by atomic mass is 33.6. The fourth-order valence-corrected chi connectivity index (χ4v) is 6.00. The lowest BCUT2D eigenvalue weighted by atomic mass is 10.3. The van der Waals surface area contributed by atoms with Gasteiger partial charge in [0.25, 0.3) is 12.3 Å². The average molecular weight is 526 g/mol. The van der Waals surface area contributed by atoms with E-state index in [1.165, 1.54) is 0 Å². The van der Waals surface area contributed by atoms with Crippen LogP contribution in [-0.2, 0) is 34.6 Å². The van der Waals surface area contributed by atoms with Crippen LogP contribution >= 0.6 is 0 Å². The molecule has 0 saturated heterocycles. The van der Waals surface area contributed by atoms with Crippen LogP contribution in [0.5, 0.6) is 0 Å². The van der Waals surface area contributed by atoms with Crippen molar-refractivity contribution >= 4 is 26.2 Å². The monoisotopic (exact) mass is 526 g/mol. The summed E-state index contributed by atoms with van der Waals surface area (Å²) in [6, 6.07) is 0. The number of hydrogen-bond acceptors (Lipinski definition) is 8. The van der Waals surface area contributed by atoms with Gasteiger partial charge in [0.05, 0.1) is 0 Å². The van der Waals surface area contributed by atoms with Crippen LogP contribution in [0.4, 0.5) is 52.7 Å². The molecule has 0 N–H and O–H groups in total. The molecule has 29 heavy (non-hydrogen) atoms. The fourth-order valence-electron chi connectivity index (χ4n) is 0.923. The molecule has 2 unspecified atom stereocenters. The predicted molar refractivity (Wildman–Crippen MR) is 60.7 cm³/mol. The van der Waals surface area contributed by atoms with Crippen LogP contribution in [0.3, 0.4) is 0 Å². The Bertz CT molecular complexity index is 844. The normalized spacial score (nSPS) is 17.8. The molecule has 0 saturated carbocycles. The van der Waals surface area contributed by atoms with Gasteiger partial charge in [-0.3, -0.25) is 0 Å². The van der Waals surface area contributed by atoms with Gasteiger partial charge in [-0.15, -0.1) is 0 Å². The summed E-state index contributed by atoms with van der Waals surface area (Å²) in [5, 5.41) is 0. The van der Waals surface area contributed by atoms with E-state index in [1.54, 1.807) is 0 Å². The van der Waals surface area contributed by atoms with Gasteiger partial charge in [0.15, 0.2) is 0 Å². The number of halogens is 12. The molecule has 0 aliphatic heterocycles. The highest BCUT2D eigenvalue weighted by Crippen LogP contribution is 2.40. The van der Waals surface area contributed by atoms with E-state index in [0.29, 0.717) is 0 Å². The van der Waals surface area contributed by atoms with Crippen molar-refractivity contribution in [1.82, 2.24) is 0 Å². The minimum Gasteiger partial charge on any atom is -0.228 e. The van der Waals surface area contributed by atoms with Crippen molar-refractivity contribution in [2.45, 2.75) is 36.9 Å². The van der Waals surface area contributed by atoms with Crippen LogP contribution in [-0.4, -0.2) is 62.2 Å². The highest BCUT2D eigenvalue weighted by molar-refractivity contribution is 8.97. The number of hydrogen-bond donors (Lipinski definition) is 0. The smallest absolute Gasteiger partial charge is 0.228 e. The highest BCUT2D eigenvalue weighted by Gasteiger charge is 2.65. The Morgan fingerprint density at radius 3 is 0.897 bits per heavy atom. The van der Waals surface area contributed by atoms with Crippen molar-refractivity contribution < 1.29 is 86.3 Å². The second-order valence-electron chi connectivity index (χ2n) is 4.32. The van der Waals surface area contributed by atoms with Gasteiger partial charge in [-0.25, -0.2) is 8.78 Å². The first-order valence-electron chi connectivity index (χ1n) is 5.56. The quantitative estimate of drug-likeness (QED) is 0.348. The standard InChI is InChI=1S/C6H2F12O8S3/c7-1(3(9,10)11)5(15,16)25-27(19,20)29(23,24)28(21,22)26-6(17,18)2(8)4(12,13)14/h1-2H. The molecular weight excluding hydrogens is 524 g/mol. The predicted octanol–water partition coefficient (Wildman–Crippen LogP) is 1.91. The lowest BCUT2D eigenvalue weighted by Gasteiger charge is -2.23. The molecule has 2 atom stereocenters. The maximum Gasteiger partial charge on any atom is 0.428 e. The van der Waals surface area contributed by atoms with E-state index >= 15 is 0 Å². The molecular formula is C6H2F12O8S3. The van der Waals surface area contributed by atoms with Gasteiger partial charge < -0.3 is 0 Å². The Labute approximate surface area is 150 Å². The van der Waals surface area contributed by atoms with Crippen molar-refractivity contribution in [1.29, 1.82) is 0 Å². The molecule has 0 amide bonds. The van der Waals surface area contributed by atoms with Gasteiger partial charge >= 0.3 is 50.8 Å². The van der Waals surface area contributed by atoms with Crippen LogP contribution in [0.2, 0.25) is 0 Å². The summed E-state index contributed by atoms with van der Waals surface area (Å²) in [4.78, 5) is 0. The molecule has 0 spiro atoms. The molecule has 0 aromatic carbocycles. The fraction of sp³-hybridized carbons (Fsp3) is 1.00. The van der Waals surface area contributed by atoms with Crippen molar-refractivity contribution in [2.75, 3.05) is 0 Å². The maximum atomic E-state index is 12.8. The Balaban J connectivity index is 6.10. The third-order valence-electron chi connectivity index (χ3n) is 2.09. The molecule has 8 nitrogen and oxygen atoms in total. The molecule has 0 aromatic heterocycles. The molecule has 0 aliphatic carbocycles. The molecule has 0 radical (unpaired) electrons. The van der Waals surface area contributed by atoms with Gasteiger partial charge in [0.2, 0.25) is 0 Å². The zero-order chi connectivity index (χ0) is 24.1. The zero-order valence-electron chi connectivity index (χ0n) is 12.2. The first-order valence-corrected chi connectivity index (χ1v) is 10.9. The molecule has 0 fully saturated rings. The second kappa shape index (κ2) is 7.56. The van der Waals surface area contributed by atoms with E-state index in [9.17, 15) is 77.9 Å². The lowest BCUT2D eigenvalue weighted by molar-refractivity contribution is -0.303. The van der Waals surface area contributed by atoms with Crippen molar-refractivity contribution in [3.63, 3.8) is 0 Å². The molecule has 23 heteroatoms. The molecule has 0 bridgehead atoms. The minimum absolute atomic E-state index is 1.94. The Kier molecular flexibility index (Phi) is 7.28. The van der Waals surface area contributed by atoms with Gasteiger partial charge in [-0.1, -0.05) is 0 Å². The van der Waals surface area contributed by atoms with Crippen LogP contribution in [0.1, 0.15) is 0 Å². The summed E-state index contributed by atoms with van der Waals surface area (Å²) in [6.45, 7) is 0. The third kappa shape index (κ3) is 5.97.